The van der Waals surface area contributed by atoms with Gasteiger partial charge >= 0.3 is 0 Å². The predicted octanol–water partition coefficient (Wildman–Crippen LogP) is 1.30. The highest BCUT2D eigenvalue weighted by Crippen LogP contribution is 2.24. The van der Waals surface area contributed by atoms with Crippen molar-refractivity contribution in [3.05, 3.63) is 29.8 Å². The molecule has 0 radical (unpaired) electrons. The highest BCUT2D eigenvalue weighted by molar-refractivity contribution is 8.00. The fourth-order valence-electron chi connectivity index (χ4n) is 1.96. The molecular formula is C12H17NO3S2. The molecule has 1 N–H and O–H groups in total. The minimum Gasteiger partial charge on any atom is -0.392 e. The smallest absolute Gasteiger partial charge is 0.243 e. The molecule has 0 saturated carbocycles. The average Bonchev–Trinajstić information content (AvgIpc) is 2.39. The van der Waals surface area contributed by atoms with E-state index in [1.165, 1.54) is 4.31 Å². The third-order valence-corrected chi connectivity index (χ3v) is 5.92. The lowest BCUT2D eigenvalue weighted by atomic mass is 10.2. The van der Waals surface area contributed by atoms with Gasteiger partial charge in [0.05, 0.1) is 11.5 Å². The summed E-state index contributed by atoms with van der Waals surface area (Å²) in [7, 11) is -3.42. The van der Waals surface area contributed by atoms with Crippen molar-refractivity contribution >= 4 is 21.8 Å². The van der Waals surface area contributed by atoms with Crippen molar-refractivity contribution in [2.24, 2.45) is 0 Å². The van der Waals surface area contributed by atoms with Gasteiger partial charge in [-0.3, -0.25) is 0 Å². The summed E-state index contributed by atoms with van der Waals surface area (Å²) in [4.78, 5) is 0.271. The molecule has 2 rings (SSSR count). The number of nitrogens with zero attached hydrogens (tertiary/aromatic N) is 1. The van der Waals surface area contributed by atoms with Crippen molar-refractivity contribution < 1.29 is 13.5 Å². The van der Waals surface area contributed by atoms with Gasteiger partial charge in [0.2, 0.25) is 10.0 Å². The van der Waals surface area contributed by atoms with Gasteiger partial charge in [0.15, 0.2) is 0 Å². The quantitative estimate of drug-likeness (QED) is 0.910. The highest BCUT2D eigenvalue weighted by Gasteiger charge is 2.28. The van der Waals surface area contributed by atoms with E-state index < -0.39 is 10.0 Å². The van der Waals surface area contributed by atoms with Crippen molar-refractivity contribution in [1.82, 2.24) is 4.31 Å². The van der Waals surface area contributed by atoms with Crippen molar-refractivity contribution in [2.45, 2.75) is 23.7 Å². The van der Waals surface area contributed by atoms with Crippen molar-refractivity contribution in [2.75, 3.05) is 18.8 Å². The SMILES string of the molecule is CC1CN(S(=O)(=O)c2cccc(CO)c2)CCS1. The zero-order valence-electron chi connectivity index (χ0n) is 10.2. The van der Waals surface area contributed by atoms with E-state index in [1.807, 2.05) is 6.92 Å². The van der Waals surface area contributed by atoms with Gasteiger partial charge in [0, 0.05) is 24.1 Å². The van der Waals surface area contributed by atoms with Gasteiger partial charge < -0.3 is 5.11 Å². The molecule has 100 valence electrons. The molecule has 0 aliphatic carbocycles. The fourth-order valence-corrected chi connectivity index (χ4v) is 4.78. The number of thioether (sulfide) groups is 1. The molecule has 0 bridgehead atoms. The monoisotopic (exact) mass is 287 g/mol. The van der Waals surface area contributed by atoms with E-state index in [-0.39, 0.29) is 11.5 Å². The van der Waals surface area contributed by atoms with Crippen molar-refractivity contribution in [3.63, 3.8) is 0 Å². The Balaban J connectivity index is 2.29. The summed E-state index contributed by atoms with van der Waals surface area (Å²) in [5.74, 6) is 0.833. The van der Waals surface area contributed by atoms with Crippen LogP contribution in [0.1, 0.15) is 12.5 Å². The van der Waals surface area contributed by atoms with E-state index in [0.29, 0.717) is 23.9 Å². The standard InChI is InChI=1S/C12H17NO3S2/c1-10-8-13(5-6-17-10)18(15,16)12-4-2-3-11(7-12)9-14/h2-4,7,10,14H,5-6,8-9H2,1H3. The summed E-state index contributed by atoms with van der Waals surface area (Å²) in [6, 6.07) is 6.51. The summed E-state index contributed by atoms with van der Waals surface area (Å²) < 4.78 is 26.4. The van der Waals surface area contributed by atoms with Crippen molar-refractivity contribution in [1.29, 1.82) is 0 Å². The molecule has 1 aliphatic rings. The molecule has 1 aliphatic heterocycles. The second-order valence-corrected chi connectivity index (χ2v) is 7.83. The number of hydrogen-bond donors (Lipinski definition) is 1. The number of aliphatic hydroxyl groups excluding tert-OH is 1. The summed E-state index contributed by atoms with van der Waals surface area (Å²) in [5, 5.41) is 9.40. The molecule has 1 heterocycles. The molecule has 1 aromatic carbocycles. The van der Waals surface area contributed by atoms with Crippen LogP contribution in [0.3, 0.4) is 0 Å². The van der Waals surface area contributed by atoms with Gasteiger partial charge in [-0.05, 0) is 17.7 Å². The van der Waals surface area contributed by atoms with Gasteiger partial charge in [-0.15, -0.1) is 0 Å². The Hall–Kier alpha value is -0.560. The maximum atomic E-state index is 12.4. The van der Waals surface area contributed by atoms with Crippen molar-refractivity contribution in [3.8, 4) is 0 Å². The molecule has 4 nitrogen and oxygen atoms in total. The van der Waals surface area contributed by atoms with Crippen LogP contribution in [0.4, 0.5) is 0 Å². The van der Waals surface area contributed by atoms with Gasteiger partial charge in [0.25, 0.3) is 0 Å². The molecule has 1 fully saturated rings. The summed E-state index contributed by atoms with van der Waals surface area (Å²) in [6.07, 6.45) is 0. The summed E-state index contributed by atoms with van der Waals surface area (Å²) >= 11 is 1.79. The minimum atomic E-state index is -3.42. The maximum absolute atomic E-state index is 12.4. The summed E-state index contributed by atoms with van der Waals surface area (Å²) in [6.45, 7) is 3.00. The first-order chi connectivity index (χ1) is 8.54. The lowest BCUT2D eigenvalue weighted by Crippen LogP contribution is -2.40. The number of aliphatic hydroxyl groups is 1. The third-order valence-electron chi connectivity index (χ3n) is 2.92. The normalized spacial score (nSPS) is 22.0. The average molecular weight is 287 g/mol. The van der Waals surface area contributed by atoms with Crippen LogP contribution in [-0.4, -0.2) is 41.9 Å². The van der Waals surface area contributed by atoms with Gasteiger partial charge in [-0.25, -0.2) is 8.42 Å². The Labute approximate surface area is 112 Å². The van der Waals surface area contributed by atoms with Crippen LogP contribution in [0.25, 0.3) is 0 Å². The lowest BCUT2D eigenvalue weighted by Gasteiger charge is -2.29. The molecule has 0 amide bonds. The number of sulfonamides is 1. The Morgan fingerprint density at radius 1 is 1.50 bits per heavy atom. The van der Waals surface area contributed by atoms with Crippen LogP contribution in [0.5, 0.6) is 0 Å². The van der Waals surface area contributed by atoms with Gasteiger partial charge in [-0.1, -0.05) is 19.1 Å². The molecule has 6 heteroatoms. The van der Waals surface area contributed by atoms with E-state index in [0.717, 1.165) is 5.75 Å². The molecule has 1 unspecified atom stereocenters. The first-order valence-corrected chi connectivity index (χ1v) is 8.34. The van der Waals surface area contributed by atoms with E-state index in [4.69, 9.17) is 5.11 Å². The fraction of sp³-hybridized carbons (Fsp3) is 0.500. The van der Waals surface area contributed by atoms with Gasteiger partial charge in [-0.2, -0.15) is 16.1 Å². The maximum Gasteiger partial charge on any atom is 0.243 e. The van der Waals surface area contributed by atoms with Crippen LogP contribution in [0.15, 0.2) is 29.2 Å². The molecule has 18 heavy (non-hydrogen) atoms. The van der Waals surface area contributed by atoms with Crippen LogP contribution >= 0.6 is 11.8 Å². The molecule has 1 aromatic rings. The first kappa shape index (κ1) is 13.9. The number of hydrogen-bond acceptors (Lipinski definition) is 4. The molecular weight excluding hydrogens is 270 g/mol. The highest BCUT2D eigenvalue weighted by atomic mass is 32.2. The topological polar surface area (TPSA) is 57.6 Å². The van der Waals surface area contributed by atoms with E-state index >= 15 is 0 Å². The predicted molar refractivity (Wildman–Crippen MR) is 73.0 cm³/mol. The molecule has 1 atom stereocenters. The minimum absolute atomic E-state index is 0.143. The van der Waals surface area contributed by atoms with Gasteiger partial charge in [0.1, 0.15) is 0 Å². The molecule has 0 aromatic heterocycles. The number of rotatable bonds is 3. The summed E-state index contributed by atoms with van der Waals surface area (Å²) in [5.41, 5.74) is 0.621. The zero-order valence-corrected chi connectivity index (χ0v) is 11.9. The Bertz CT molecular complexity index is 516. The van der Waals surface area contributed by atoms with Crippen LogP contribution < -0.4 is 0 Å². The third kappa shape index (κ3) is 2.88. The van der Waals surface area contributed by atoms with Crippen LogP contribution in [0, 0.1) is 0 Å². The second kappa shape index (κ2) is 5.61. The lowest BCUT2D eigenvalue weighted by molar-refractivity contribution is 0.281. The Morgan fingerprint density at radius 2 is 2.28 bits per heavy atom. The zero-order chi connectivity index (χ0) is 13.2. The molecule has 0 spiro atoms. The van der Waals surface area contributed by atoms with Crippen LogP contribution in [0.2, 0.25) is 0 Å². The largest absolute Gasteiger partial charge is 0.392 e. The van der Waals surface area contributed by atoms with E-state index in [1.54, 1.807) is 36.0 Å². The number of benzene rings is 1. The van der Waals surface area contributed by atoms with E-state index in [2.05, 4.69) is 0 Å². The molecule has 1 saturated heterocycles. The van der Waals surface area contributed by atoms with Crippen LogP contribution in [-0.2, 0) is 16.6 Å². The van der Waals surface area contributed by atoms with E-state index in [9.17, 15) is 8.42 Å². The Morgan fingerprint density at radius 3 is 2.94 bits per heavy atom. The first-order valence-electron chi connectivity index (χ1n) is 5.85. The Kier molecular flexibility index (Phi) is 4.32. The second-order valence-electron chi connectivity index (χ2n) is 4.35.